The second kappa shape index (κ2) is 9.14. The van der Waals surface area contributed by atoms with E-state index in [1.165, 1.54) is 17.3 Å². The van der Waals surface area contributed by atoms with Crippen molar-refractivity contribution in [2.24, 2.45) is 0 Å². The molecule has 1 N–H and O–H groups in total. The van der Waals surface area contributed by atoms with Crippen LogP contribution in [0.15, 0.2) is 66.6 Å². The summed E-state index contributed by atoms with van der Waals surface area (Å²) in [5.41, 5.74) is 3.13. The van der Waals surface area contributed by atoms with Gasteiger partial charge >= 0.3 is 0 Å². The van der Waals surface area contributed by atoms with Gasteiger partial charge in [-0.05, 0) is 36.2 Å². The monoisotopic (exact) mass is 379 g/mol. The zero-order chi connectivity index (χ0) is 19.1. The van der Waals surface area contributed by atoms with Crippen molar-refractivity contribution in [1.82, 2.24) is 25.1 Å². The number of hydrogen-bond donors (Lipinski definition) is 1. The Bertz CT molecular complexity index is 906. The average Bonchev–Trinajstić information content (AvgIpc) is 3.15. The van der Waals surface area contributed by atoms with Crippen molar-refractivity contribution in [3.05, 3.63) is 67.0 Å². The predicted molar refractivity (Wildman–Crippen MR) is 108 cm³/mol. The molecule has 0 fully saturated rings. The predicted octanol–water partition coefficient (Wildman–Crippen LogP) is 3.29. The highest BCUT2D eigenvalue weighted by Crippen LogP contribution is 2.27. The van der Waals surface area contributed by atoms with Gasteiger partial charge in [-0.3, -0.25) is 14.3 Å². The summed E-state index contributed by atoms with van der Waals surface area (Å²) in [6, 6.07) is 12.1. The lowest BCUT2D eigenvalue weighted by atomic mass is 10.1. The number of nitrogens with one attached hydrogen (secondary N) is 1. The fourth-order valence-corrected chi connectivity index (χ4v) is 3.31. The number of amides is 1. The molecule has 0 bridgehead atoms. The summed E-state index contributed by atoms with van der Waals surface area (Å²) in [6.45, 7) is 6.18. The Morgan fingerprint density at radius 3 is 2.59 bits per heavy atom. The van der Waals surface area contributed by atoms with Crippen LogP contribution in [0.1, 0.15) is 12.5 Å². The molecule has 0 atom stereocenters. The summed E-state index contributed by atoms with van der Waals surface area (Å²) in [7, 11) is 0. The molecule has 2 aromatic heterocycles. The summed E-state index contributed by atoms with van der Waals surface area (Å²) < 4.78 is 1.97. The minimum atomic E-state index is -0.0683. The number of aryl methyl sites for hydroxylation is 1. The molecule has 0 radical (unpaired) electrons. The largest absolute Gasteiger partial charge is 0.352 e. The van der Waals surface area contributed by atoms with E-state index in [0.29, 0.717) is 11.7 Å². The summed E-state index contributed by atoms with van der Waals surface area (Å²) in [5, 5.41) is 12.1. The summed E-state index contributed by atoms with van der Waals surface area (Å²) in [6.07, 6.45) is 6.08. The molecular weight excluding hydrogens is 358 g/mol. The molecule has 138 valence electrons. The summed E-state index contributed by atoms with van der Waals surface area (Å²) in [5.74, 6) is 0.909. The molecule has 0 aliphatic rings. The average molecular weight is 379 g/mol. The number of carbonyl (C=O) groups excluding carboxylic acids is 1. The van der Waals surface area contributed by atoms with Crippen LogP contribution < -0.4 is 5.32 Å². The normalized spacial score (nSPS) is 10.6. The van der Waals surface area contributed by atoms with Crippen molar-refractivity contribution < 1.29 is 4.79 Å². The maximum Gasteiger partial charge on any atom is 0.230 e. The smallest absolute Gasteiger partial charge is 0.230 e. The van der Waals surface area contributed by atoms with E-state index in [2.05, 4.69) is 58.3 Å². The van der Waals surface area contributed by atoms with E-state index in [9.17, 15) is 4.79 Å². The molecule has 0 saturated heterocycles. The molecule has 7 heteroatoms. The highest BCUT2D eigenvalue weighted by Gasteiger charge is 2.17. The number of hydrogen-bond acceptors (Lipinski definition) is 5. The first-order valence-electron chi connectivity index (χ1n) is 8.68. The van der Waals surface area contributed by atoms with Gasteiger partial charge in [0.25, 0.3) is 0 Å². The third-order valence-electron chi connectivity index (χ3n) is 3.95. The summed E-state index contributed by atoms with van der Waals surface area (Å²) in [4.78, 5) is 16.0. The highest BCUT2D eigenvalue weighted by atomic mass is 32.2. The molecule has 1 amide bonds. The molecular formula is C20H21N5OS. The van der Waals surface area contributed by atoms with Gasteiger partial charge in [-0.25, -0.2) is 0 Å². The second-order valence-electron chi connectivity index (χ2n) is 5.78. The number of aromatic nitrogens is 4. The molecule has 0 spiro atoms. The van der Waals surface area contributed by atoms with Crippen molar-refractivity contribution in [1.29, 1.82) is 0 Å². The van der Waals surface area contributed by atoms with Gasteiger partial charge in [-0.1, -0.05) is 36.9 Å². The first-order chi connectivity index (χ1) is 13.2. The first-order valence-corrected chi connectivity index (χ1v) is 9.67. The minimum Gasteiger partial charge on any atom is -0.352 e. The third-order valence-corrected chi connectivity index (χ3v) is 4.88. The van der Waals surface area contributed by atoms with Crippen LogP contribution in [0.25, 0.3) is 17.1 Å². The lowest BCUT2D eigenvalue weighted by Gasteiger charge is -2.11. The second-order valence-corrected chi connectivity index (χ2v) is 6.72. The SMILES string of the molecule is C=CCNC(=O)CSc1nnc(-c2ccncc2)n1-c1ccc(CC)cc1. The van der Waals surface area contributed by atoms with Gasteiger partial charge in [0, 0.05) is 30.2 Å². The van der Waals surface area contributed by atoms with Crippen LogP contribution in [0, 0.1) is 0 Å². The quantitative estimate of drug-likeness (QED) is 0.480. The van der Waals surface area contributed by atoms with Gasteiger partial charge in [-0.15, -0.1) is 16.8 Å². The fraction of sp³-hybridized carbons (Fsp3) is 0.200. The van der Waals surface area contributed by atoms with Crippen LogP contribution in [0.5, 0.6) is 0 Å². The maximum absolute atomic E-state index is 11.9. The minimum absolute atomic E-state index is 0.0683. The Labute approximate surface area is 162 Å². The Kier molecular flexibility index (Phi) is 6.38. The van der Waals surface area contributed by atoms with Crippen molar-refractivity contribution in [2.75, 3.05) is 12.3 Å². The van der Waals surface area contributed by atoms with Gasteiger partial charge in [0.05, 0.1) is 5.75 Å². The molecule has 3 rings (SSSR count). The molecule has 2 heterocycles. The van der Waals surface area contributed by atoms with Gasteiger partial charge in [0.2, 0.25) is 5.91 Å². The fourth-order valence-electron chi connectivity index (χ4n) is 2.53. The number of pyridine rings is 1. The Balaban J connectivity index is 1.94. The van der Waals surface area contributed by atoms with Crippen molar-refractivity contribution in [3.8, 4) is 17.1 Å². The third kappa shape index (κ3) is 4.62. The maximum atomic E-state index is 11.9. The molecule has 27 heavy (non-hydrogen) atoms. The lowest BCUT2D eigenvalue weighted by Crippen LogP contribution is -2.25. The number of benzene rings is 1. The molecule has 0 saturated carbocycles. The van der Waals surface area contributed by atoms with Crippen LogP contribution in [0.3, 0.4) is 0 Å². The molecule has 6 nitrogen and oxygen atoms in total. The first kappa shape index (κ1) is 18.8. The molecule has 0 aliphatic heterocycles. The van der Waals surface area contributed by atoms with Gasteiger partial charge in [0.15, 0.2) is 11.0 Å². The van der Waals surface area contributed by atoms with E-state index in [0.717, 1.165) is 23.5 Å². The Morgan fingerprint density at radius 1 is 1.19 bits per heavy atom. The van der Waals surface area contributed by atoms with Crippen LogP contribution >= 0.6 is 11.8 Å². The standard InChI is InChI=1S/C20H21N5OS/c1-3-11-22-18(26)14-27-20-24-23-19(16-9-12-21-13-10-16)25(20)17-7-5-15(4-2)6-8-17/h3,5-10,12-13H,1,4,11,14H2,2H3,(H,22,26). The topological polar surface area (TPSA) is 72.7 Å². The highest BCUT2D eigenvalue weighted by molar-refractivity contribution is 7.99. The number of rotatable bonds is 8. The van der Waals surface area contributed by atoms with Crippen LogP contribution in [-0.4, -0.2) is 38.0 Å². The van der Waals surface area contributed by atoms with Gasteiger partial charge in [0.1, 0.15) is 0 Å². The van der Waals surface area contributed by atoms with E-state index >= 15 is 0 Å². The van der Waals surface area contributed by atoms with E-state index in [-0.39, 0.29) is 11.7 Å². The molecule has 1 aromatic carbocycles. The zero-order valence-electron chi connectivity index (χ0n) is 15.1. The van der Waals surface area contributed by atoms with Crippen LogP contribution in [0.4, 0.5) is 0 Å². The zero-order valence-corrected chi connectivity index (χ0v) is 15.9. The number of carbonyl (C=O) groups is 1. The van der Waals surface area contributed by atoms with E-state index < -0.39 is 0 Å². The van der Waals surface area contributed by atoms with E-state index in [1.807, 2.05) is 16.7 Å². The Hall–Kier alpha value is -2.93. The van der Waals surface area contributed by atoms with Gasteiger partial charge in [-0.2, -0.15) is 0 Å². The van der Waals surface area contributed by atoms with Crippen molar-refractivity contribution in [2.45, 2.75) is 18.5 Å². The molecule has 0 aliphatic carbocycles. The summed E-state index contributed by atoms with van der Waals surface area (Å²) >= 11 is 1.35. The number of thioether (sulfide) groups is 1. The van der Waals surface area contributed by atoms with E-state index in [1.54, 1.807) is 18.5 Å². The van der Waals surface area contributed by atoms with Crippen molar-refractivity contribution in [3.63, 3.8) is 0 Å². The molecule has 0 unspecified atom stereocenters. The van der Waals surface area contributed by atoms with E-state index in [4.69, 9.17) is 0 Å². The van der Waals surface area contributed by atoms with Gasteiger partial charge < -0.3 is 5.32 Å². The molecule has 3 aromatic rings. The van der Waals surface area contributed by atoms with Crippen molar-refractivity contribution >= 4 is 17.7 Å². The Morgan fingerprint density at radius 2 is 1.93 bits per heavy atom. The number of nitrogens with zero attached hydrogens (tertiary/aromatic N) is 4. The lowest BCUT2D eigenvalue weighted by molar-refractivity contribution is -0.118. The van der Waals surface area contributed by atoms with Crippen LogP contribution in [0.2, 0.25) is 0 Å². The van der Waals surface area contributed by atoms with Crippen LogP contribution in [-0.2, 0) is 11.2 Å².